The molecule has 2 heteroatoms. The highest BCUT2D eigenvalue weighted by atomic mass is 16.5. The molecule has 19 heavy (non-hydrogen) atoms. The molecule has 0 aliphatic carbocycles. The maximum atomic E-state index is 5.58. The van der Waals surface area contributed by atoms with Gasteiger partial charge in [0.15, 0.2) is 0 Å². The van der Waals surface area contributed by atoms with Crippen LogP contribution in [-0.4, -0.2) is 18.7 Å². The molecule has 108 valence electrons. The second kappa shape index (κ2) is 6.42. The van der Waals surface area contributed by atoms with E-state index in [0.29, 0.717) is 0 Å². The van der Waals surface area contributed by atoms with Crippen LogP contribution in [0.1, 0.15) is 53.5 Å². The first-order chi connectivity index (χ1) is 8.74. The lowest BCUT2D eigenvalue weighted by molar-refractivity contribution is 0.337. The van der Waals surface area contributed by atoms with Crippen LogP contribution >= 0.6 is 0 Å². The summed E-state index contributed by atoms with van der Waals surface area (Å²) < 4.78 is 5.58. The third-order valence-corrected chi connectivity index (χ3v) is 3.33. The molecule has 0 radical (unpaired) electrons. The second-order valence-corrected chi connectivity index (χ2v) is 6.77. The monoisotopic (exact) mass is 263 g/mol. The quantitative estimate of drug-likeness (QED) is 0.833. The molecule has 0 atom stereocenters. The van der Waals surface area contributed by atoms with Gasteiger partial charge in [0.05, 0.1) is 6.61 Å². The minimum atomic E-state index is 0.158. The molecule has 0 bridgehead atoms. The van der Waals surface area contributed by atoms with Gasteiger partial charge < -0.3 is 10.1 Å². The van der Waals surface area contributed by atoms with Crippen molar-refractivity contribution in [1.29, 1.82) is 0 Å². The van der Waals surface area contributed by atoms with Crippen LogP contribution in [0, 0.1) is 0 Å². The third-order valence-electron chi connectivity index (χ3n) is 3.33. The van der Waals surface area contributed by atoms with Gasteiger partial charge >= 0.3 is 0 Å². The van der Waals surface area contributed by atoms with E-state index in [1.54, 1.807) is 0 Å². The predicted molar refractivity (Wildman–Crippen MR) is 83.0 cm³/mol. The normalized spacial score (nSPS) is 12.5. The van der Waals surface area contributed by atoms with Crippen LogP contribution in [0.2, 0.25) is 0 Å². The summed E-state index contributed by atoms with van der Waals surface area (Å²) in [6.07, 6.45) is 1.11. The molecule has 0 saturated carbocycles. The Hall–Kier alpha value is -1.02. The molecular formula is C17H29NO. The molecule has 2 nitrogen and oxygen atoms in total. The summed E-state index contributed by atoms with van der Waals surface area (Å²) in [5.41, 5.74) is 1.68. The van der Waals surface area contributed by atoms with E-state index in [1.165, 1.54) is 5.56 Å². The van der Waals surface area contributed by atoms with Crippen LogP contribution < -0.4 is 10.1 Å². The Balaban J connectivity index is 2.68. The highest BCUT2D eigenvalue weighted by Crippen LogP contribution is 2.29. The maximum Gasteiger partial charge on any atom is 0.119 e. The van der Waals surface area contributed by atoms with Crippen molar-refractivity contribution in [2.45, 2.75) is 58.9 Å². The molecule has 1 aromatic rings. The summed E-state index contributed by atoms with van der Waals surface area (Å²) in [6.45, 7) is 15.0. The highest BCUT2D eigenvalue weighted by molar-refractivity contribution is 5.33. The van der Waals surface area contributed by atoms with Gasteiger partial charge in [-0.05, 0) is 63.8 Å². The minimum Gasteiger partial charge on any atom is -0.494 e. The van der Waals surface area contributed by atoms with E-state index >= 15 is 0 Å². The van der Waals surface area contributed by atoms with Crippen molar-refractivity contribution in [3.8, 4) is 5.75 Å². The molecule has 1 rings (SSSR count). The van der Waals surface area contributed by atoms with Gasteiger partial charge in [-0.2, -0.15) is 0 Å². The summed E-state index contributed by atoms with van der Waals surface area (Å²) in [6, 6.07) is 8.47. The van der Waals surface area contributed by atoms with Crippen LogP contribution in [0.3, 0.4) is 0 Å². The van der Waals surface area contributed by atoms with Crippen LogP contribution in [-0.2, 0) is 5.41 Å². The fraction of sp³-hybridized carbons (Fsp3) is 0.647. The number of hydrogen-bond donors (Lipinski definition) is 1. The average molecular weight is 263 g/mol. The zero-order chi connectivity index (χ0) is 14.5. The Labute approximate surface area is 118 Å². The number of benzene rings is 1. The summed E-state index contributed by atoms with van der Waals surface area (Å²) in [7, 11) is 0. The number of ether oxygens (including phenoxy) is 1. The van der Waals surface area contributed by atoms with Gasteiger partial charge in [-0.15, -0.1) is 0 Å². The van der Waals surface area contributed by atoms with Gasteiger partial charge in [-0.3, -0.25) is 0 Å². The lowest BCUT2D eigenvalue weighted by atomic mass is 9.81. The van der Waals surface area contributed by atoms with Gasteiger partial charge in [0.25, 0.3) is 0 Å². The SMILES string of the molecule is CCOc1cccc(C(C)(C)CCNC(C)(C)C)c1. The van der Waals surface area contributed by atoms with E-state index in [-0.39, 0.29) is 11.0 Å². The molecule has 1 N–H and O–H groups in total. The number of rotatable bonds is 6. The van der Waals surface area contributed by atoms with E-state index in [4.69, 9.17) is 4.74 Å². The smallest absolute Gasteiger partial charge is 0.119 e. The standard InChI is InChI=1S/C17H29NO/c1-7-19-15-10-8-9-14(13-15)17(5,6)11-12-18-16(2,3)4/h8-10,13,18H,7,11-12H2,1-6H3. The lowest BCUT2D eigenvalue weighted by Crippen LogP contribution is -2.38. The van der Waals surface area contributed by atoms with E-state index < -0.39 is 0 Å². The Morgan fingerprint density at radius 1 is 1.11 bits per heavy atom. The van der Waals surface area contributed by atoms with Crippen molar-refractivity contribution in [2.24, 2.45) is 0 Å². The predicted octanol–water partition coefficient (Wildman–Crippen LogP) is 4.14. The fourth-order valence-corrected chi connectivity index (χ4v) is 2.07. The molecule has 0 aliphatic heterocycles. The minimum absolute atomic E-state index is 0.158. The molecule has 0 aliphatic rings. The zero-order valence-corrected chi connectivity index (χ0v) is 13.3. The molecular weight excluding hydrogens is 234 g/mol. The maximum absolute atomic E-state index is 5.58. The Kier molecular flexibility index (Phi) is 5.42. The average Bonchev–Trinajstić information content (AvgIpc) is 2.28. The van der Waals surface area contributed by atoms with E-state index in [2.05, 4.69) is 58.1 Å². The first-order valence-corrected chi connectivity index (χ1v) is 7.23. The Bertz CT molecular complexity index is 390. The van der Waals surface area contributed by atoms with Gasteiger partial charge in [0.2, 0.25) is 0 Å². The molecule has 1 aromatic carbocycles. The molecule has 0 unspecified atom stereocenters. The Morgan fingerprint density at radius 2 is 1.79 bits per heavy atom. The van der Waals surface area contributed by atoms with Crippen LogP contribution in [0.5, 0.6) is 5.75 Å². The largest absolute Gasteiger partial charge is 0.494 e. The van der Waals surface area contributed by atoms with E-state index in [9.17, 15) is 0 Å². The summed E-state index contributed by atoms with van der Waals surface area (Å²) in [4.78, 5) is 0. The molecule has 0 fully saturated rings. The summed E-state index contributed by atoms with van der Waals surface area (Å²) >= 11 is 0. The van der Waals surface area contributed by atoms with Crippen molar-refractivity contribution in [2.75, 3.05) is 13.2 Å². The van der Waals surface area contributed by atoms with Crippen LogP contribution in [0.15, 0.2) is 24.3 Å². The summed E-state index contributed by atoms with van der Waals surface area (Å²) in [5, 5.41) is 3.56. The molecule has 0 heterocycles. The first kappa shape index (κ1) is 16.0. The lowest BCUT2D eigenvalue weighted by Gasteiger charge is -2.28. The van der Waals surface area contributed by atoms with Crippen molar-refractivity contribution in [1.82, 2.24) is 5.32 Å². The molecule has 0 saturated heterocycles. The molecule has 0 amide bonds. The molecule has 0 aromatic heterocycles. The van der Waals surface area contributed by atoms with Gasteiger partial charge in [-0.1, -0.05) is 26.0 Å². The highest BCUT2D eigenvalue weighted by Gasteiger charge is 2.21. The van der Waals surface area contributed by atoms with Crippen molar-refractivity contribution >= 4 is 0 Å². The van der Waals surface area contributed by atoms with Crippen molar-refractivity contribution in [3.63, 3.8) is 0 Å². The fourth-order valence-electron chi connectivity index (χ4n) is 2.07. The number of hydrogen-bond acceptors (Lipinski definition) is 2. The van der Waals surface area contributed by atoms with Crippen LogP contribution in [0.4, 0.5) is 0 Å². The van der Waals surface area contributed by atoms with Gasteiger partial charge in [-0.25, -0.2) is 0 Å². The van der Waals surface area contributed by atoms with E-state index in [0.717, 1.165) is 25.3 Å². The third kappa shape index (κ3) is 5.65. The van der Waals surface area contributed by atoms with Crippen molar-refractivity contribution < 1.29 is 4.74 Å². The first-order valence-electron chi connectivity index (χ1n) is 7.23. The topological polar surface area (TPSA) is 21.3 Å². The molecule has 0 spiro atoms. The zero-order valence-electron chi connectivity index (χ0n) is 13.3. The van der Waals surface area contributed by atoms with Crippen molar-refractivity contribution in [3.05, 3.63) is 29.8 Å². The van der Waals surface area contributed by atoms with Gasteiger partial charge in [0, 0.05) is 5.54 Å². The van der Waals surface area contributed by atoms with Crippen LogP contribution in [0.25, 0.3) is 0 Å². The van der Waals surface area contributed by atoms with Gasteiger partial charge in [0.1, 0.15) is 5.75 Å². The van der Waals surface area contributed by atoms with E-state index in [1.807, 2.05) is 13.0 Å². The summed E-state index contributed by atoms with van der Waals surface area (Å²) in [5.74, 6) is 0.969. The second-order valence-electron chi connectivity index (χ2n) is 6.77. The number of nitrogens with one attached hydrogen (secondary N) is 1. The Morgan fingerprint density at radius 3 is 2.37 bits per heavy atom.